The molecule has 0 spiro atoms. The van der Waals surface area contributed by atoms with Crippen molar-refractivity contribution in [3.05, 3.63) is 59.2 Å². The van der Waals surface area contributed by atoms with E-state index in [0.717, 1.165) is 5.56 Å². The van der Waals surface area contributed by atoms with Crippen LogP contribution in [0.5, 0.6) is 0 Å². The van der Waals surface area contributed by atoms with Crippen molar-refractivity contribution in [3.63, 3.8) is 0 Å². The Morgan fingerprint density at radius 2 is 1.54 bits per heavy atom. The predicted octanol–water partition coefficient (Wildman–Crippen LogP) is 3.93. The summed E-state index contributed by atoms with van der Waals surface area (Å²) in [6.07, 6.45) is 0. The van der Waals surface area contributed by atoms with Gasteiger partial charge in [-0.15, -0.1) is 0 Å². The molecule has 0 saturated carbocycles. The smallest absolute Gasteiger partial charge is 0.337 e. The summed E-state index contributed by atoms with van der Waals surface area (Å²) in [5, 5.41) is 14.7. The van der Waals surface area contributed by atoms with Crippen molar-refractivity contribution >= 4 is 29.2 Å². The molecular formula is C20H22N2O4. The first-order valence-corrected chi connectivity index (χ1v) is 8.15. The Morgan fingerprint density at radius 3 is 2.08 bits per heavy atom. The van der Waals surface area contributed by atoms with E-state index in [2.05, 4.69) is 10.6 Å². The van der Waals surface area contributed by atoms with Crippen molar-refractivity contribution < 1.29 is 19.5 Å². The highest BCUT2D eigenvalue weighted by molar-refractivity contribution is 6.08. The van der Waals surface area contributed by atoms with Gasteiger partial charge in [0.05, 0.1) is 11.3 Å². The van der Waals surface area contributed by atoms with Crippen LogP contribution >= 0.6 is 0 Å². The van der Waals surface area contributed by atoms with E-state index >= 15 is 0 Å². The van der Waals surface area contributed by atoms with Crippen molar-refractivity contribution in [3.8, 4) is 0 Å². The van der Waals surface area contributed by atoms with Gasteiger partial charge in [-0.05, 0) is 43.3 Å². The summed E-state index contributed by atoms with van der Waals surface area (Å²) in [5.74, 6) is -1.66. The maximum absolute atomic E-state index is 12.4. The van der Waals surface area contributed by atoms with Gasteiger partial charge in [-0.3, -0.25) is 9.59 Å². The lowest BCUT2D eigenvalue weighted by molar-refractivity contribution is -0.123. The topological polar surface area (TPSA) is 95.5 Å². The number of hydrogen-bond donors (Lipinski definition) is 3. The SMILES string of the molecule is Cc1ccc(NC(=O)c2ccc(NC(=O)C(C)(C)C)cc2)c(C(=O)O)c1. The summed E-state index contributed by atoms with van der Waals surface area (Å²) in [6.45, 7) is 7.21. The fourth-order valence-electron chi connectivity index (χ4n) is 2.16. The third-order valence-electron chi connectivity index (χ3n) is 3.74. The Balaban J connectivity index is 2.14. The van der Waals surface area contributed by atoms with Crippen LogP contribution in [-0.2, 0) is 4.79 Å². The molecule has 0 bridgehead atoms. The zero-order valence-corrected chi connectivity index (χ0v) is 15.2. The molecule has 2 rings (SSSR count). The fourth-order valence-corrected chi connectivity index (χ4v) is 2.16. The standard InChI is InChI=1S/C20H22N2O4/c1-12-5-10-16(15(11-12)18(24)25)22-17(23)13-6-8-14(9-7-13)21-19(26)20(2,3)4/h5-11H,1-4H3,(H,21,26)(H,22,23)(H,24,25). The van der Waals surface area contributed by atoms with Crippen molar-refractivity contribution in [2.75, 3.05) is 10.6 Å². The molecule has 3 N–H and O–H groups in total. The highest BCUT2D eigenvalue weighted by atomic mass is 16.4. The van der Waals surface area contributed by atoms with Crippen LogP contribution < -0.4 is 10.6 Å². The zero-order chi connectivity index (χ0) is 19.5. The van der Waals surface area contributed by atoms with E-state index in [1.54, 1.807) is 43.3 Å². The van der Waals surface area contributed by atoms with Gasteiger partial charge in [-0.25, -0.2) is 4.79 Å². The molecule has 0 fully saturated rings. The van der Waals surface area contributed by atoms with E-state index in [1.165, 1.54) is 6.07 Å². The number of carboxylic acid groups (broad SMARTS) is 1. The van der Waals surface area contributed by atoms with E-state index in [4.69, 9.17) is 0 Å². The molecule has 0 aliphatic rings. The molecule has 136 valence electrons. The summed E-state index contributed by atoms with van der Waals surface area (Å²) in [7, 11) is 0. The van der Waals surface area contributed by atoms with E-state index in [0.29, 0.717) is 11.3 Å². The van der Waals surface area contributed by atoms with E-state index in [9.17, 15) is 19.5 Å². The monoisotopic (exact) mass is 354 g/mol. The Bertz CT molecular complexity index is 849. The van der Waals surface area contributed by atoms with Crippen LogP contribution in [0.4, 0.5) is 11.4 Å². The third kappa shape index (κ3) is 4.69. The predicted molar refractivity (Wildman–Crippen MR) is 101 cm³/mol. The van der Waals surface area contributed by atoms with Crippen LogP contribution in [0.25, 0.3) is 0 Å². The molecule has 0 aliphatic carbocycles. The minimum absolute atomic E-state index is 0.0346. The van der Waals surface area contributed by atoms with Crippen molar-refractivity contribution in [2.24, 2.45) is 5.41 Å². The first-order valence-electron chi connectivity index (χ1n) is 8.15. The largest absolute Gasteiger partial charge is 0.478 e. The first-order chi connectivity index (χ1) is 12.1. The number of anilines is 2. The lowest BCUT2D eigenvalue weighted by atomic mass is 9.95. The van der Waals surface area contributed by atoms with Crippen LogP contribution in [0, 0.1) is 12.3 Å². The normalized spacial score (nSPS) is 10.9. The van der Waals surface area contributed by atoms with Crippen molar-refractivity contribution in [1.82, 2.24) is 0 Å². The molecule has 0 aliphatic heterocycles. The fraction of sp³-hybridized carbons (Fsp3) is 0.250. The summed E-state index contributed by atoms with van der Waals surface area (Å²) >= 11 is 0. The van der Waals surface area contributed by atoms with Crippen molar-refractivity contribution in [2.45, 2.75) is 27.7 Å². The van der Waals surface area contributed by atoms with Gasteiger partial charge in [0, 0.05) is 16.7 Å². The molecule has 0 radical (unpaired) electrons. The van der Waals surface area contributed by atoms with Gasteiger partial charge in [0.2, 0.25) is 5.91 Å². The molecule has 0 unspecified atom stereocenters. The second-order valence-corrected chi connectivity index (χ2v) is 7.09. The minimum atomic E-state index is -1.11. The number of aryl methyl sites for hydroxylation is 1. The van der Waals surface area contributed by atoms with E-state index < -0.39 is 17.3 Å². The molecule has 0 saturated heterocycles. The van der Waals surface area contributed by atoms with Gasteiger partial charge < -0.3 is 15.7 Å². The van der Waals surface area contributed by atoms with E-state index in [-0.39, 0.29) is 17.2 Å². The molecule has 6 nitrogen and oxygen atoms in total. The maximum atomic E-state index is 12.4. The van der Waals surface area contributed by atoms with Crippen LogP contribution in [0.3, 0.4) is 0 Å². The van der Waals surface area contributed by atoms with Gasteiger partial charge in [-0.1, -0.05) is 32.4 Å². The summed E-state index contributed by atoms with van der Waals surface area (Å²) in [4.78, 5) is 35.7. The van der Waals surface area contributed by atoms with Crippen LogP contribution in [-0.4, -0.2) is 22.9 Å². The second-order valence-electron chi connectivity index (χ2n) is 7.09. The lowest BCUT2D eigenvalue weighted by Gasteiger charge is -2.17. The maximum Gasteiger partial charge on any atom is 0.337 e. The van der Waals surface area contributed by atoms with Crippen LogP contribution in [0.15, 0.2) is 42.5 Å². The summed E-state index contributed by atoms with van der Waals surface area (Å²) in [5.41, 5.74) is 1.48. The number of carbonyl (C=O) groups is 3. The highest BCUT2D eigenvalue weighted by Gasteiger charge is 2.21. The number of hydrogen-bond acceptors (Lipinski definition) is 3. The van der Waals surface area contributed by atoms with Crippen LogP contribution in [0.2, 0.25) is 0 Å². The van der Waals surface area contributed by atoms with Gasteiger partial charge >= 0.3 is 5.97 Å². The Labute approximate surface area is 152 Å². The number of aromatic carboxylic acids is 1. The Hall–Kier alpha value is -3.15. The average molecular weight is 354 g/mol. The lowest BCUT2D eigenvalue weighted by Crippen LogP contribution is -2.27. The van der Waals surface area contributed by atoms with Crippen molar-refractivity contribution in [1.29, 1.82) is 0 Å². The zero-order valence-electron chi connectivity index (χ0n) is 15.2. The molecule has 6 heteroatoms. The molecule has 2 aromatic rings. The number of nitrogens with one attached hydrogen (secondary N) is 2. The quantitative estimate of drug-likeness (QED) is 0.775. The second kappa shape index (κ2) is 7.39. The van der Waals surface area contributed by atoms with Gasteiger partial charge in [0.25, 0.3) is 5.91 Å². The van der Waals surface area contributed by atoms with E-state index in [1.807, 2.05) is 20.8 Å². The highest BCUT2D eigenvalue weighted by Crippen LogP contribution is 2.20. The Morgan fingerprint density at radius 1 is 0.923 bits per heavy atom. The minimum Gasteiger partial charge on any atom is -0.478 e. The van der Waals surface area contributed by atoms with Gasteiger partial charge in [0.15, 0.2) is 0 Å². The molecule has 0 atom stereocenters. The molecular weight excluding hydrogens is 332 g/mol. The first kappa shape index (κ1) is 19.2. The molecule has 0 heterocycles. The summed E-state index contributed by atoms with van der Waals surface area (Å²) < 4.78 is 0. The van der Waals surface area contributed by atoms with Gasteiger partial charge in [-0.2, -0.15) is 0 Å². The molecule has 26 heavy (non-hydrogen) atoms. The number of amides is 2. The summed E-state index contributed by atoms with van der Waals surface area (Å²) in [6, 6.07) is 11.2. The molecule has 2 aromatic carbocycles. The van der Waals surface area contributed by atoms with Crippen LogP contribution in [0.1, 0.15) is 47.1 Å². The van der Waals surface area contributed by atoms with Gasteiger partial charge in [0.1, 0.15) is 0 Å². The molecule has 0 aromatic heterocycles. The Kier molecular flexibility index (Phi) is 5.45. The number of benzene rings is 2. The number of carbonyl (C=O) groups excluding carboxylic acids is 2. The number of carboxylic acids is 1. The average Bonchev–Trinajstić information content (AvgIpc) is 2.56. The third-order valence-corrected chi connectivity index (χ3v) is 3.74. The molecule has 2 amide bonds. The number of rotatable bonds is 4.